The van der Waals surface area contributed by atoms with Crippen LogP contribution in [-0.2, 0) is 17.9 Å². The standard InChI is InChI=1S/C8H12N2O2/c1-5-8-6(3-9-5)10-7(12-8)4-11-2/h5,9H,3-4H2,1-2H3. The molecule has 1 atom stereocenters. The maximum atomic E-state index is 5.48. The molecule has 0 bridgehead atoms. The number of nitrogens with one attached hydrogen (secondary N) is 1. The molecule has 2 heterocycles. The number of nitrogens with zero attached hydrogens (tertiary/aromatic N) is 1. The van der Waals surface area contributed by atoms with E-state index in [0.717, 1.165) is 18.0 Å². The zero-order valence-corrected chi connectivity index (χ0v) is 7.26. The van der Waals surface area contributed by atoms with E-state index in [1.165, 1.54) is 0 Å². The Morgan fingerprint density at radius 1 is 1.75 bits per heavy atom. The molecule has 0 saturated carbocycles. The van der Waals surface area contributed by atoms with E-state index in [-0.39, 0.29) is 6.04 Å². The second-order valence-electron chi connectivity index (χ2n) is 2.95. The molecular formula is C8H12N2O2. The van der Waals surface area contributed by atoms with Crippen molar-refractivity contribution < 1.29 is 9.15 Å². The van der Waals surface area contributed by atoms with Gasteiger partial charge in [-0.05, 0) is 6.92 Å². The largest absolute Gasteiger partial charge is 0.441 e. The summed E-state index contributed by atoms with van der Waals surface area (Å²) in [5.74, 6) is 1.64. The third-order valence-electron chi connectivity index (χ3n) is 2.01. The number of aromatic nitrogens is 1. The third-order valence-corrected chi connectivity index (χ3v) is 2.01. The van der Waals surface area contributed by atoms with E-state index in [2.05, 4.69) is 17.2 Å². The van der Waals surface area contributed by atoms with Crippen LogP contribution in [0.5, 0.6) is 0 Å². The Bertz CT molecular complexity index is 283. The summed E-state index contributed by atoms with van der Waals surface area (Å²) in [6.45, 7) is 3.33. The predicted octanol–water partition coefficient (Wildman–Crippen LogP) is 0.985. The topological polar surface area (TPSA) is 47.3 Å². The highest BCUT2D eigenvalue weighted by atomic mass is 16.5. The Morgan fingerprint density at radius 2 is 2.58 bits per heavy atom. The summed E-state index contributed by atoms with van der Waals surface area (Å²) in [4.78, 5) is 4.28. The number of fused-ring (bicyclic) bond motifs is 1. The molecule has 1 aromatic rings. The molecule has 0 aromatic carbocycles. The van der Waals surface area contributed by atoms with Gasteiger partial charge < -0.3 is 14.5 Å². The molecule has 1 N–H and O–H groups in total. The quantitative estimate of drug-likeness (QED) is 0.715. The Balaban J connectivity index is 2.24. The van der Waals surface area contributed by atoms with Crippen molar-refractivity contribution in [3.05, 3.63) is 17.3 Å². The summed E-state index contributed by atoms with van der Waals surface area (Å²) in [7, 11) is 1.64. The van der Waals surface area contributed by atoms with Gasteiger partial charge in [-0.15, -0.1) is 0 Å². The molecule has 0 saturated heterocycles. The Hall–Kier alpha value is -0.870. The highest BCUT2D eigenvalue weighted by molar-refractivity contribution is 5.18. The fourth-order valence-corrected chi connectivity index (χ4v) is 1.41. The Labute approximate surface area is 70.9 Å². The van der Waals surface area contributed by atoms with Gasteiger partial charge in [0.2, 0.25) is 5.89 Å². The fourth-order valence-electron chi connectivity index (χ4n) is 1.41. The van der Waals surface area contributed by atoms with Crippen molar-refractivity contribution in [1.29, 1.82) is 0 Å². The summed E-state index contributed by atoms with van der Waals surface area (Å²) >= 11 is 0. The summed E-state index contributed by atoms with van der Waals surface area (Å²) in [5, 5.41) is 3.24. The van der Waals surface area contributed by atoms with Crippen molar-refractivity contribution in [2.75, 3.05) is 7.11 Å². The van der Waals surface area contributed by atoms with Crippen LogP contribution < -0.4 is 5.32 Å². The van der Waals surface area contributed by atoms with Crippen LogP contribution in [0, 0.1) is 0 Å². The first-order valence-corrected chi connectivity index (χ1v) is 4.02. The van der Waals surface area contributed by atoms with Gasteiger partial charge in [0.15, 0.2) is 0 Å². The molecular weight excluding hydrogens is 156 g/mol. The van der Waals surface area contributed by atoms with Gasteiger partial charge in [-0.2, -0.15) is 0 Å². The molecule has 0 amide bonds. The molecule has 0 spiro atoms. The summed E-state index contributed by atoms with van der Waals surface area (Å²) in [6, 6.07) is 0.290. The van der Waals surface area contributed by atoms with Crippen molar-refractivity contribution in [2.45, 2.75) is 26.1 Å². The zero-order chi connectivity index (χ0) is 8.55. The lowest BCUT2D eigenvalue weighted by Gasteiger charge is -1.99. The first-order chi connectivity index (χ1) is 5.81. The molecule has 4 heteroatoms. The molecule has 1 aliphatic heterocycles. The Morgan fingerprint density at radius 3 is 3.25 bits per heavy atom. The van der Waals surface area contributed by atoms with Crippen molar-refractivity contribution in [2.24, 2.45) is 0 Å². The van der Waals surface area contributed by atoms with Crippen molar-refractivity contribution >= 4 is 0 Å². The molecule has 1 unspecified atom stereocenters. The average Bonchev–Trinajstić information content (AvgIpc) is 2.55. The average molecular weight is 168 g/mol. The van der Waals surface area contributed by atoms with E-state index >= 15 is 0 Å². The molecule has 2 rings (SSSR count). The van der Waals surface area contributed by atoms with Gasteiger partial charge in [-0.3, -0.25) is 0 Å². The number of hydrogen-bond donors (Lipinski definition) is 1. The second kappa shape index (κ2) is 2.88. The highest BCUT2D eigenvalue weighted by Gasteiger charge is 2.24. The van der Waals surface area contributed by atoms with Crippen molar-refractivity contribution in [3.8, 4) is 0 Å². The van der Waals surface area contributed by atoms with Crippen LogP contribution in [0.3, 0.4) is 0 Å². The van der Waals surface area contributed by atoms with E-state index in [1.807, 2.05) is 0 Å². The summed E-state index contributed by atoms with van der Waals surface area (Å²) in [6.07, 6.45) is 0. The van der Waals surface area contributed by atoms with Crippen LogP contribution >= 0.6 is 0 Å². The van der Waals surface area contributed by atoms with E-state index in [0.29, 0.717) is 12.5 Å². The van der Waals surface area contributed by atoms with Gasteiger partial charge >= 0.3 is 0 Å². The minimum atomic E-state index is 0.290. The molecule has 12 heavy (non-hydrogen) atoms. The summed E-state index contributed by atoms with van der Waals surface area (Å²) < 4.78 is 10.4. The van der Waals surface area contributed by atoms with Crippen LogP contribution in [-0.4, -0.2) is 12.1 Å². The predicted molar refractivity (Wildman–Crippen MR) is 42.5 cm³/mol. The molecule has 0 radical (unpaired) electrons. The van der Waals surface area contributed by atoms with E-state index in [9.17, 15) is 0 Å². The monoisotopic (exact) mass is 168 g/mol. The van der Waals surface area contributed by atoms with Gasteiger partial charge in [-0.1, -0.05) is 0 Å². The maximum Gasteiger partial charge on any atom is 0.220 e. The summed E-state index contributed by atoms with van der Waals surface area (Å²) in [5.41, 5.74) is 1.02. The smallest absolute Gasteiger partial charge is 0.220 e. The second-order valence-corrected chi connectivity index (χ2v) is 2.95. The van der Waals surface area contributed by atoms with Gasteiger partial charge in [-0.25, -0.2) is 4.98 Å². The first-order valence-electron chi connectivity index (χ1n) is 4.02. The molecule has 66 valence electrons. The van der Waals surface area contributed by atoms with E-state index in [1.54, 1.807) is 7.11 Å². The normalized spacial score (nSPS) is 21.3. The number of oxazole rings is 1. The molecule has 1 aromatic heterocycles. The number of rotatable bonds is 2. The van der Waals surface area contributed by atoms with E-state index < -0.39 is 0 Å². The SMILES string of the molecule is COCc1nc2c(o1)C(C)NC2. The lowest BCUT2D eigenvalue weighted by Crippen LogP contribution is -2.08. The van der Waals surface area contributed by atoms with Crippen LogP contribution in [0.2, 0.25) is 0 Å². The lowest BCUT2D eigenvalue weighted by molar-refractivity contribution is 0.157. The minimum absolute atomic E-state index is 0.290. The van der Waals surface area contributed by atoms with E-state index in [4.69, 9.17) is 9.15 Å². The van der Waals surface area contributed by atoms with Gasteiger partial charge in [0.1, 0.15) is 12.4 Å². The first kappa shape index (κ1) is 7.76. The van der Waals surface area contributed by atoms with Gasteiger partial charge in [0.05, 0.1) is 11.7 Å². The van der Waals surface area contributed by atoms with Crippen LogP contribution in [0.15, 0.2) is 4.42 Å². The minimum Gasteiger partial charge on any atom is -0.441 e. The lowest BCUT2D eigenvalue weighted by atomic mass is 10.3. The van der Waals surface area contributed by atoms with Crippen LogP contribution in [0.1, 0.15) is 30.3 Å². The zero-order valence-electron chi connectivity index (χ0n) is 7.26. The van der Waals surface area contributed by atoms with Gasteiger partial charge in [0.25, 0.3) is 0 Å². The van der Waals surface area contributed by atoms with Crippen LogP contribution in [0.4, 0.5) is 0 Å². The molecule has 1 aliphatic rings. The molecule has 0 fully saturated rings. The Kier molecular flexibility index (Phi) is 1.86. The fraction of sp³-hybridized carbons (Fsp3) is 0.625. The third kappa shape index (κ3) is 1.13. The van der Waals surface area contributed by atoms with Crippen molar-refractivity contribution in [3.63, 3.8) is 0 Å². The highest BCUT2D eigenvalue weighted by Crippen LogP contribution is 2.25. The number of hydrogen-bond acceptors (Lipinski definition) is 4. The van der Waals surface area contributed by atoms with Crippen molar-refractivity contribution in [1.82, 2.24) is 10.3 Å². The van der Waals surface area contributed by atoms with Crippen LogP contribution in [0.25, 0.3) is 0 Å². The number of ether oxygens (including phenoxy) is 1. The van der Waals surface area contributed by atoms with Gasteiger partial charge in [0, 0.05) is 13.7 Å². The number of methoxy groups -OCH3 is 1. The molecule has 0 aliphatic carbocycles. The molecule has 4 nitrogen and oxygen atoms in total. The maximum absolute atomic E-state index is 5.48.